The predicted molar refractivity (Wildman–Crippen MR) is 104 cm³/mol. The fraction of sp³-hybridized carbons (Fsp3) is 0.150. The Bertz CT molecular complexity index is 1210. The maximum atomic E-state index is 12.7. The molecule has 29 heavy (non-hydrogen) atoms. The molecule has 0 atom stereocenters. The van der Waals surface area contributed by atoms with Crippen LogP contribution in [0.5, 0.6) is 0 Å². The van der Waals surface area contributed by atoms with Crippen molar-refractivity contribution in [3.8, 4) is 10.6 Å². The Morgan fingerprint density at radius 2 is 1.79 bits per heavy atom. The van der Waals surface area contributed by atoms with Crippen molar-refractivity contribution in [3.05, 3.63) is 64.5 Å². The first kappa shape index (κ1) is 19.1. The molecule has 0 spiro atoms. The van der Waals surface area contributed by atoms with E-state index in [0.29, 0.717) is 43.8 Å². The van der Waals surface area contributed by atoms with Gasteiger partial charge in [0.2, 0.25) is 0 Å². The van der Waals surface area contributed by atoms with E-state index < -0.39 is 11.7 Å². The number of oxazole rings is 1. The van der Waals surface area contributed by atoms with Crippen molar-refractivity contribution in [1.29, 1.82) is 0 Å². The Morgan fingerprint density at radius 1 is 1.07 bits per heavy atom. The molecule has 0 fully saturated rings. The van der Waals surface area contributed by atoms with E-state index in [-0.39, 0.29) is 5.91 Å². The van der Waals surface area contributed by atoms with Crippen molar-refractivity contribution < 1.29 is 22.4 Å². The van der Waals surface area contributed by atoms with Crippen LogP contribution in [0.3, 0.4) is 0 Å². The molecule has 0 aliphatic heterocycles. The normalized spacial score (nSPS) is 11.8. The van der Waals surface area contributed by atoms with Crippen molar-refractivity contribution in [2.24, 2.45) is 0 Å². The lowest BCUT2D eigenvalue weighted by atomic mass is 10.1. The minimum Gasteiger partial charge on any atom is -0.441 e. The van der Waals surface area contributed by atoms with E-state index in [0.717, 1.165) is 23.5 Å². The highest BCUT2D eigenvalue weighted by molar-refractivity contribution is 7.17. The molecule has 2 aromatic heterocycles. The monoisotopic (exact) mass is 417 g/mol. The van der Waals surface area contributed by atoms with Crippen LogP contribution in [-0.2, 0) is 6.18 Å². The second-order valence-corrected chi connectivity index (χ2v) is 7.38. The Morgan fingerprint density at radius 3 is 2.48 bits per heavy atom. The quantitative estimate of drug-likeness (QED) is 0.455. The Labute approximate surface area is 167 Å². The number of rotatable bonds is 3. The van der Waals surface area contributed by atoms with E-state index in [4.69, 9.17) is 4.42 Å². The summed E-state index contributed by atoms with van der Waals surface area (Å²) in [6.07, 6.45) is -4.40. The first-order valence-corrected chi connectivity index (χ1v) is 9.36. The minimum absolute atomic E-state index is 0.349. The van der Waals surface area contributed by atoms with Crippen molar-refractivity contribution in [2.75, 3.05) is 5.32 Å². The van der Waals surface area contributed by atoms with Crippen LogP contribution in [0.1, 0.15) is 26.8 Å². The molecule has 4 aromatic rings. The molecule has 0 aliphatic rings. The van der Waals surface area contributed by atoms with E-state index in [9.17, 15) is 18.0 Å². The molecule has 0 unspecified atom stereocenters. The van der Waals surface area contributed by atoms with Gasteiger partial charge in [-0.05, 0) is 37.3 Å². The lowest BCUT2D eigenvalue weighted by Crippen LogP contribution is -2.11. The number of halogens is 3. The van der Waals surface area contributed by atoms with Gasteiger partial charge in [-0.15, -0.1) is 11.3 Å². The van der Waals surface area contributed by atoms with Crippen LogP contribution in [-0.4, -0.2) is 15.9 Å². The second kappa shape index (κ2) is 7.00. The molecule has 4 rings (SSSR count). The van der Waals surface area contributed by atoms with Gasteiger partial charge >= 0.3 is 6.18 Å². The summed E-state index contributed by atoms with van der Waals surface area (Å²) >= 11 is 1.12. The summed E-state index contributed by atoms with van der Waals surface area (Å²) in [4.78, 5) is 21.6. The topological polar surface area (TPSA) is 68.0 Å². The van der Waals surface area contributed by atoms with Gasteiger partial charge in [0.1, 0.15) is 15.4 Å². The predicted octanol–water partition coefficient (Wildman–Crippen LogP) is 5.84. The molecule has 0 aliphatic carbocycles. The molecule has 9 heteroatoms. The largest absolute Gasteiger partial charge is 0.441 e. The van der Waals surface area contributed by atoms with Crippen LogP contribution in [0, 0.1) is 13.8 Å². The van der Waals surface area contributed by atoms with Gasteiger partial charge in [-0.1, -0.05) is 12.1 Å². The number of carbonyl (C=O) groups excluding carboxylic acids is 1. The number of fused-ring (bicyclic) bond motifs is 1. The summed E-state index contributed by atoms with van der Waals surface area (Å²) in [5, 5.41) is 3.27. The lowest BCUT2D eigenvalue weighted by molar-refractivity contribution is -0.137. The van der Waals surface area contributed by atoms with Gasteiger partial charge in [-0.25, -0.2) is 9.97 Å². The van der Waals surface area contributed by atoms with Crippen LogP contribution >= 0.6 is 11.3 Å². The van der Waals surface area contributed by atoms with Crippen molar-refractivity contribution in [2.45, 2.75) is 20.0 Å². The highest BCUT2D eigenvalue weighted by Gasteiger charge is 2.30. The van der Waals surface area contributed by atoms with Gasteiger partial charge in [-0.3, -0.25) is 4.79 Å². The molecular weight excluding hydrogens is 403 g/mol. The third-order valence-electron chi connectivity index (χ3n) is 4.21. The molecule has 148 valence electrons. The summed E-state index contributed by atoms with van der Waals surface area (Å²) in [5.41, 5.74) is 2.10. The number of hydrogen-bond acceptors (Lipinski definition) is 5. The zero-order chi connectivity index (χ0) is 20.8. The van der Waals surface area contributed by atoms with E-state index in [1.54, 1.807) is 32.0 Å². The van der Waals surface area contributed by atoms with Crippen molar-refractivity contribution >= 4 is 34.0 Å². The van der Waals surface area contributed by atoms with Crippen LogP contribution in [0.25, 0.3) is 21.7 Å². The fourth-order valence-electron chi connectivity index (χ4n) is 2.84. The van der Waals surface area contributed by atoms with Crippen LogP contribution in [0.15, 0.2) is 46.9 Å². The molecular formula is C20H14F3N3O2S. The number of nitrogens with zero attached hydrogens (tertiary/aromatic N) is 2. The molecule has 1 N–H and O–H groups in total. The zero-order valence-electron chi connectivity index (χ0n) is 15.3. The lowest BCUT2D eigenvalue weighted by Gasteiger charge is -2.06. The van der Waals surface area contributed by atoms with Gasteiger partial charge in [0.05, 0.1) is 11.3 Å². The van der Waals surface area contributed by atoms with E-state index in [1.165, 1.54) is 12.1 Å². The van der Waals surface area contributed by atoms with E-state index in [1.807, 2.05) is 0 Å². The first-order valence-electron chi connectivity index (χ1n) is 8.54. The molecule has 2 aromatic carbocycles. The number of thiazole rings is 1. The molecule has 1 amide bonds. The summed E-state index contributed by atoms with van der Waals surface area (Å²) in [6, 6.07) is 9.84. The molecule has 0 radical (unpaired) electrons. The number of carbonyl (C=O) groups is 1. The summed E-state index contributed by atoms with van der Waals surface area (Å²) in [5.74, 6) is 0.181. The molecule has 0 saturated carbocycles. The fourth-order valence-corrected chi connectivity index (χ4v) is 3.81. The summed E-state index contributed by atoms with van der Waals surface area (Å²) < 4.78 is 43.6. The number of nitrogens with one attached hydrogen (secondary N) is 1. The van der Waals surface area contributed by atoms with Crippen molar-refractivity contribution in [3.63, 3.8) is 0 Å². The number of hydrogen-bond donors (Lipinski definition) is 1. The highest BCUT2D eigenvalue weighted by Crippen LogP contribution is 2.33. The van der Waals surface area contributed by atoms with Gasteiger partial charge in [-0.2, -0.15) is 13.2 Å². The average molecular weight is 417 g/mol. The average Bonchev–Trinajstić information content (AvgIpc) is 3.22. The van der Waals surface area contributed by atoms with E-state index >= 15 is 0 Å². The Kier molecular flexibility index (Phi) is 4.62. The minimum atomic E-state index is -4.40. The molecule has 0 bridgehead atoms. The number of aromatic nitrogens is 2. The Hall–Kier alpha value is -3.20. The maximum Gasteiger partial charge on any atom is 0.416 e. The van der Waals surface area contributed by atoms with Crippen LogP contribution in [0.4, 0.5) is 18.9 Å². The van der Waals surface area contributed by atoms with Gasteiger partial charge in [0, 0.05) is 18.2 Å². The standard InChI is InChI=1S/C20H14F3N3O2S/c1-10-17(18(27)26-14-7-8-16-15(9-14)25-11(2)28-16)29-19(24-10)12-3-5-13(6-4-12)20(21,22)23/h3-9H,1-2H3,(H,26,27). The number of aryl methyl sites for hydroxylation is 2. The zero-order valence-corrected chi connectivity index (χ0v) is 16.1. The number of amides is 1. The molecule has 5 nitrogen and oxygen atoms in total. The highest BCUT2D eigenvalue weighted by atomic mass is 32.1. The van der Waals surface area contributed by atoms with Crippen molar-refractivity contribution in [1.82, 2.24) is 9.97 Å². The first-order chi connectivity index (χ1) is 13.7. The van der Waals surface area contributed by atoms with Gasteiger partial charge < -0.3 is 9.73 Å². The maximum absolute atomic E-state index is 12.7. The smallest absolute Gasteiger partial charge is 0.416 e. The van der Waals surface area contributed by atoms with E-state index in [2.05, 4.69) is 15.3 Å². The van der Waals surface area contributed by atoms with Gasteiger partial charge in [0.25, 0.3) is 5.91 Å². The van der Waals surface area contributed by atoms with Crippen LogP contribution in [0.2, 0.25) is 0 Å². The molecule has 0 saturated heterocycles. The number of anilines is 1. The summed E-state index contributed by atoms with van der Waals surface area (Å²) in [6.45, 7) is 3.42. The third-order valence-corrected chi connectivity index (χ3v) is 5.42. The SMILES string of the molecule is Cc1nc2cc(NC(=O)c3sc(-c4ccc(C(F)(F)F)cc4)nc3C)ccc2o1. The van der Waals surface area contributed by atoms with Crippen LogP contribution < -0.4 is 5.32 Å². The number of alkyl halides is 3. The number of benzene rings is 2. The third kappa shape index (κ3) is 3.86. The summed E-state index contributed by atoms with van der Waals surface area (Å²) in [7, 11) is 0. The second-order valence-electron chi connectivity index (χ2n) is 6.38. The molecule has 2 heterocycles. The Balaban J connectivity index is 1.57. The van der Waals surface area contributed by atoms with Gasteiger partial charge in [0.15, 0.2) is 11.5 Å².